The minimum absolute atomic E-state index is 0.139. The standard InChI is InChI=1S/C28H32N4O2S2/c1-3-4-16-31-25(30-14-10-5-6-11-15-30)22(20(2)23(18-29)26(31)33)17-24-27(34)32(28(35)36-24)19-21-12-8-7-9-13-21/h7-9,12-13,17H,3-6,10-11,14-16,19H2,1-2H3. The number of nitriles is 1. The van der Waals surface area contributed by atoms with Crippen LogP contribution in [-0.4, -0.2) is 32.8 Å². The number of carbonyl (C=O) groups excluding carboxylic acids is 1. The van der Waals surface area contributed by atoms with Crippen LogP contribution in [0, 0.1) is 18.3 Å². The Hall–Kier alpha value is -2.89. The van der Waals surface area contributed by atoms with Crippen molar-refractivity contribution < 1.29 is 4.79 Å². The Balaban J connectivity index is 1.83. The van der Waals surface area contributed by atoms with Crippen LogP contribution in [0.2, 0.25) is 0 Å². The van der Waals surface area contributed by atoms with E-state index in [0.29, 0.717) is 27.9 Å². The summed E-state index contributed by atoms with van der Waals surface area (Å²) in [7, 11) is 0. The van der Waals surface area contributed by atoms with E-state index in [-0.39, 0.29) is 17.0 Å². The summed E-state index contributed by atoms with van der Waals surface area (Å²) < 4.78 is 2.29. The van der Waals surface area contributed by atoms with Crippen molar-refractivity contribution in [3.63, 3.8) is 0 Å². The van der Waals surface area contributed by atoms with Crippen LogP contribution in [0.1, 0.15) is 67.7 Å². The topological polar surface area (TPSA) is 69.3 Å². The van der Waals surface area contributed by atoms with E-state index in [1.807, 2.05) is 43.3 Å². The molecule has 36 heavy (non-hydrogen) atoms. The number of carbonyl (C=O) groups is 1. The zero-order valence-electron chi connectivity index (χ0n) is 21.0. The van der Waals surface area contributed by atoms with Gasteiger partial charge in [-0.15, -0.1) is 0 Å². The molecule has 0 bridgehead atoms. The number of hydrogen-bond donors (Lipinski definition) is 0. The summed E-state index contributed by atoms with van der Waals surface area (Å²) in [4.78, 5) is 31.3. The first kappa shape index (κ1) is 26.2. The molecule has 8 heteroatoms. The van der Waals surface area contributed by atoms with Crippen molar-refractivity contribution in [3.05, 3.63) is 67.8 Å². The average Bonchev–Trinajstić information content (AvgIpc) is 3.05. The number of thioether (sulfide) groups is 1. The van der Waals surface area contributed by atoms with Crippen LogP contribution in [0.25, 0.3) is 6.08 Å². The van der Waals surface area contributed by atoms with Crippen molar-refractivity contribution in [1.29, 1.82) is 5.26 Å². The van der Waals surface area contributed by atoms with Gasteiger partial charge in [-0.25, -0.2) is 0 Å². The normalized spacial score (nSPS) is 17.5. The maximum absolute atomic E-state index is 13.5. The maximum Gasteiger partial charge on any atom is 0.270 e. The minimum atomic E-state index is -0.239. The highest BCUT2D eigenvalue weighted by molar-refractivity contribution is 8.26. The third-order valence-electron chi connectivity index (χ3n) is 6.82. The molecule has 188 valence electrons. The van der Waals surface area contributed by atoms with E-state index in [4.69, 9.17) is 12.2 Å². The van der Waals surface area contributed by atoms with Crippen molar-refractivity contribution >= 4 is 46.1 Å². The molecule has 2 aromatic rings. The number of nitrogens with zero attached hydrogens (tertiary/aromatic N) is 4. The highest BCUT2D eigenvalue weighted by atomic mass is 32.2. The summed E-state index contributed by atoms with van der Waals surface area (Å²) in [6.45, 7) is 6.59. The van der Waals surface area contributed by atoms with E-state index in [1.54, 1.807) is 9.47 Å². The third-order valence-corrected chi connectivity index (χ3v) is 8.20. The first-order valence-electron chi connectivity index (χ1n) is 12.7. The molecule has 0 radical (unpaired) electrons. The predicted molar refractivity (Wildman–Crippen MR) is 151 cm³/mol. The molecule has 6 nitrogen and oxygen atoms in total. The molecule has 1 aromatic carbocycles. The first-order chi connectivity index (χ1) is 17.5. The number of thiocarbonyl (C=S) groups is 1. The molecule has 0 aliphatic carbocycles. The number of hydrogen-bond acceptors (Lipinski definition) is 6. The molecule has 2 aliphatic heterocycles. The Labute approximate surface area is 222 Å². The summed E-state index contributed by atoms with van der Waals surface area (Å²) in [6, 6.07) is 11.9. The van der Waals surface area contributed by atoms with Gasteiger partial charge in [-0.05, 0) is 43.4 Å². The average molecular weight is 521 g/mol. The summed E-state index contributed by atoms with van der Waals surface area (Å²) >= 11 is 6.87. The van der Waals surface area contributed by atoms with Crippen LogP contribution in [0.3, 0.4) is 0 Å². The van der Waals surface area contributed by atoms with Crippen molar-refractivity contribution in [3.8, 4) is 6.07 Å². The second-order valence-corrected chi connectivity index (χ2v) is 11.0. The highest BCUT2D eigenvalue weighted by Gasteiger charge is 2.33. The lowest BCUT2D eigenvalue weighted by molar-refractivity contribution is -0.122. The number of amides is 1. The zero-order chi connectivity index (χ0) is 25.7. The fourth-order valence-electron chi connectivity index (χ4n) is 4.82. The molecule has 2 saturated heterocycles. The fraction of sp³-hybridized carbons (Fsp3) is 0.429. The Morgan fingerprint density at radius 3 is 2.44 bits per heavy atom. The summed E-state index contributed by atoms with van der Waals surface area (Å²) in [5, 5.41) is 9.88. The lowest BCUT2D eigenvalue weighted by Crippen LogP contribution is -2.35. The predicted octanol–water partition coefficient (Wildman–Crippen LogP) is 5.61. The second-order valence-electron chi connectivity index (χ2n) is 9.31. The van der Waals surface area contributed by atoms with Crippen LogP contribution in [-0.2, 0) is 17.9 Å². The Morgan fingerprint density at radius 1 is 1.11 bits per heavy atom. The van der Waals surface area contributed by atoms with Gasteiger partial charge in [-0.1, -0.05) is 80.5 Å². The van der Waals surface area contributed by atoms with Crippen LogP contribution < -0.4 is 10.5 Å². The summed E-state index contributed by atoms with van der Waals surface area (Å²) in [6.07, 6.45) is 8.08. The maximum atomic E-state index is 13.5. The molecule has 3 heterocycles. The van der Waals surface area contributed by atoms with Crippen molar-refractivity contribution in [1.82, 2.24) is 9.47 Å². The summed E-state index contributed by atoms with van der Waals surface area (Å²) in [5.74, 6) is 0.695. The molecule has 0 atom stereocenters. The Bertz CT molecular complexity index is 1270. The molecule has 2 fully saturated rings. The van der Waals surface area contributed by atoms with Gasteiger partial charge >= 0.3 is 0 Å². The van der Waals surface area contributed by atoms with E-state index in [2.05, 4.69) is 17.9 Å². The van der Waals surface area contributed by atoms with E-state index in [1.165, 1.54) is 24.6 Å². The number of benzene rings is 1. The fourth-order valence-corrected chi connectivity index (χ4v) is 6.06. The lowest BCUT2D eigenvalue weighted by atomic mass is 10.0. The van der Waals surface area contributed by atoms with Gasteiger partial charge in [0.1, 0.15) is 21.8 Å². The SMILES string of the molecule is CCCCn1c(N2CCCCCC2)c(C=C2SC(=S)N(Cc3ccccc3)C2=O)c(C)c(C#N)c1=O. The van der Waals surface area contributed by atoms with Gasteiger partial charge in [0, 0.05) is 25.2 Å². The van der Waals surface area contributed by atoms with Gasteiger partial charge in [0.25, 0.3) is 11.5 Å². The number of pyridine rings is 1. The molecule has 0 N–H and O–H groups in total. The van der Waals surface area contributed by atoms with Gasteiger partial charge in [-0.2, -0.15) is 5.26 Å². The van der Waals surface area contributed by atoms with E-state index in [0.717, 1.165) is 55.7 Å². The third kappa shape index (κ3) is 5.42. The van der Waals surface area contributed by atoms with E-state index < -0.39 is 0 Å². The lowest BCUT2D eigenvalue weighted by Gasteiger charge is -2.29. The number of aromatic nitrogens is 1. The van der Waals surface area contributed by atoms with Crippen LogP contribution in [0.5, 0.6) is 0 Å². The quantitative estimate of drug-likeness (QED) is 0.349. The smallest absolute Gasteiger partial charge is 0.270 e. The molecule has 1 amide bonds. The van der Waals surface area contributed by atoms with Gasteiger partial charge in [0.2, 0.25) is 0 Å². The van der Waals surface area contributed by atoms with Gasteiger partial charge in [0.05, 0.1) is 11.4 Å². The number of anilines is 1. The molecular weight excluding hydrogens is 488 g/mol. The Morgan fingerprint density at radius 2 is 1.81 bits per heavy atom. The molecule has 1 aromatic heterocycles. The van der Waals surface area contributed by atoms with E-state index in [9.17, 15) is 14.9 Å². The van der Waals surface area contributed by atoms with Crippen LogP contribution in [0.15, 0.2) is 40.0 Å². The molecule has 2 aliphatic rings. The molecule has 0 unspecified atom stereocenters. The first-order valence-corrected chi connectivity index (χ1v) is 13.9. The molecule has 0 spiro atoms. The second kappa shape index (κ2) is 11.9. The molecular formula is C28H32N4O2S2. The molecule has 0 saturated carbocycles. The Kier molecular flexibility index (Phi) is 8.65. The van der Waals surface area contributed by atoms with Gasteiger partial charge < -0.3 is 4.90 Å². The van der Waals surface area contributed by atoms with E-state index >= 15 is 0 Å². The highest BCUT2D eigenvalue weighted by Crippen LogP contribution is 2.37. The van der Waals surface area contributed by atoms with Gasteiger partial charge in [0.15, 0.2) is 0 Å². The largest absolute Gasteiger partial charge is 0.357 e. The van der Waals surface area contributed by atoms with Crippen molar-refractivity contribution in [2.45, 2.75) is 65.5 Å². The minimum Gasteiger partial charge on any atom is -0.357 e. The molecule has 4 rings (SSSR count). The zero-order valence-corrected chi connectivity index (χ0v) is 22.6. The van der Waals surface area contributed by atoms with Crippen LogP contribution >= 0.6 is 24.0 Å². The summed E-state index contributed by atoms with van der Waals surface area (Å²) in [5.41, 5.74) is 2.33. The van der Waals surface area contributed by atoms with Crippen molar-refractivity contribution in [2.75, 3.05) is 18.0 Å². The van der Waals surface area contributed by atoms with Crippen LogP contribution in [0.4, 0.5) is 5.82 Å². The van der Waals surface area contributed by atoms with Gasteiger partial charge in [-0.3, -0.25) is 19.1 Å². The monoisotopic (exact) mass is 520 g/mol. The number of unbranched alkanes of at least 4 members (excludes halogenated alkanes) is 1. The number of rotatable bonds is 7. The van der Waals surface area contributed by atoms with Crippen molar-refractivity contribution in [2.24, 2.45) is 0 Å².